The van der Waals surface area contributed by atoms with Crippen molar-refractivity contribution in [3.8, 4) is 44.5 Å². The molecule has 4 aliphatic carbocycles. The Hall–Kier alpha value is -16.4. The van der Waals surface area contributed by atoms with E-state index in [2.05, 4.69) is 502 Å². The van der Waals surface area contributed by atoms with E-state index in [1.807, 2.05) is 0 Å². The number of nitrogens with zero attached hydrogens (tertiary/aromatic N) is 4. The molecule has 0 bridgehead atoms. The lowest BCUT2D eigenvalue weighted by Gasteiger charge is -2.34. The third-order valence-electron chi connectivity index (χ3n) is 31.7. The zero-order valence-electron chi connectivity index (χ0n) is 79.7. The Kier molecular flexibility index (Phi) is 18.7. The molecule has 138 heavy (non-hydrogen) atoms. The molecule has 0 radical (unpaired) electrons. The van der Waals surface area contributed by atoms with Gasteiger partial charge in [-0.1, -0.05) is 296 Å². The van der Waals surface area contributed by atoms with Crippen molar-refractivity contribution in [2.75, 3.05) is 19.6 Å². The molecular weight excluding hydrogens is 1670 g/mol. The van der Waals surface area contributed by atoms with Crippen LogP contribution >= 0.6 is 0 Å². The van der Waals surface area contributed by atoms with E-state index in [1.165, 1.54) is 232 Å². The van der Waals surface area contributed by atoms with Crippen LogP contribution in [-0.2, 0) is 17.3 Å². The number of fused-ring (bicyclic) bond motifs is 34. The highest BCUT2D eigenvalue weighted by atomic mass is 15.2. The molecule has 22 aromatic rings. The zero-order chi connectivity index (χ0) is 93.0. The maximum atomic E-state index is 2.61. The van der Waals surface area contributed by atoms with Gasteiger partial charge in [-0.15, -0.1) is 0 Å². The zero-order valence-corrected chi connectivity index (χ0v) is 79.7. The van der Waals surface area contributed by atoms with Crippen molar-refractivity contribution in [1.82, 2.24) is 0 Å². The molecule has 4 nitrogen and oxygen atoms in total. The van der Waals surface area contributed by atoms with Crippen LogP contribution in [0.25, 0.3) is 109 Å². The van der Waals surface area contributed by atoms with Crippen molar-refractivity contribution in [3.05, 3.63) is 523 Å². The van der Waals surface area contributed by atoms with Gasteiger partial charge in [0.1, 0.15) is 0 Å². The monoisotopic (exact) mass is 1770 g/mol. The van der Waals surface area contributed by atoms with Crippen molar-refractivity contribution in [3.63, 3.8) is 0 Å². The van der Waals surface area contributed by atoms with E-state index < -0.39 is 10.8 Å². The number of para-hydroxylation sites is 2. The number of benzene rings is 22. The third-order valence-corrected chi connectivity index (χ3v) is 31.7. The molecule has 0 aromatic heterocycles. The second-order valence-electron chi connectivity index (χ2n) is 39.4. The molecule has 4 heteroatoms. The normalized spacial score (nSPS) is 13.0. The smallest absolute Gasteiger partial charge is 0.0737 e. The van der Waals surface area contributed by atoms with Crippen molar-refractivity contribution < 1.29 is 0 Å². The van der Waals surface area contributed by atoms with Gasteiger partial charge in [-0.25, -0.2) is 0 Å². The highest BCUT2D eigenvalue weighted by molar-refractivity contribution is 6.26. The SMILES string of the molecule is Cc1ccc(N(c2ccc3c4c(c5ccccc5c3c2)-c2cc(N(c3ccc(C)cc3)c3cc(C)ccc3C)c3ccccc3c2C42c3ccccc3-c3ccccc32)c2cc(C)cc(Cc3cc(N(c4ccccc4)c4cc5c(c6ccccc46)C4(c6ccccc6-c6ccccc64)c4c-5c5ccccc5c5cc(N(c6ccccc6)c6cc(C)c(C)c(C)c6)ccc45)cc(C)c3C)c2C)cc1. The van der Waals surface area contributed by atoms with Crippen LogP contribution in [0.5, 0.6) is 0 Å². The molecule has 0 amide bonds. The first-order valence-electron chi connectivity index (χ1n) is 48.8. The summed E-state index contributed by atoms with van der Waals surface area (Å²) < 4.78 is 0. The largest absolute Gasteiger partial charge is 0.310 e. The molecule has 0 atom stereocenters. The van der Waals surface area contributed by atoms with Crippen molar-refractivity contribution in [1.29, 1.82) is 0 Å². The summed E-state index contributed by atoms with van der Waals surface area (Å²) in [4.78, 5) is 10.2. The van der Waals surface area contributed by atoms with E-state index in [1.54, 1.807) is 0 Å². The van der Waals surface area contributed by atoms with E-state index in [0.717, 1.165) is 62.6 Å². The molecule has 4 aliphatic rings. The molecule has 2 spiro atoms. The molecule has 0 aliphatic heterocycles. The minimum atomic E-state index is -0.722. The quantitative estimate of drug-likeness (QED) is 0.101. The molecule has 0 saturated carbocycles. The maximum absolute atomic E-state index is 2.61. The summed E-state index contributed by atoms with van der Waals surface area (Å²) in [6.07, 6.45) is 0.698. The van der Waals surface area contributed by atoms with Crippen LogP contribution < -0.4 is 19.6 Å². The van der Waals surface area contributed by atoms with Gasteiger partial charge >= 0.3 is 0 Å². The number of rotatable bonds is 14. The fourth-order valence-electron chi connectivity index (χ4n) is 25.2. The van der Waals surface area contributed by atoms with Crippen LogP contribution in [0.4, 0.5) is 68.2 Å². The first kappa shape index (κ1) is 82.3. The second kappa shape index (κ2) is 31.3. The van der Waals surface area contributed by atoms with E-state index in [-0.39, 0.29) is 0 Å². The Morgan fingerprint density at radius 1 is 0.174 bits per heavy atom. The first-order chi connectivity index (χ1) is 67.5. The lowest BCUT2D eigenvalue weighted by atomic mass is 9.68. The van der Waals surface area contributed by atoms with Gasteiger partial charge in [0.05, 0.1) is 22.2 Å². The van der Waals surface area contributed by atoms with E-state index in [0.29, 0.717) is 6.42 Å². The third kappa shape index (κ3) is 12.0. The minimum absolute atomic E-state index is 0.698. The maximum Gasteiger partial charge on any atom is 0.0737 e. The summed E-state index contributed by atoms with van der Waals surface area (Å²) in [7, 11) is 0. The van der Waals surface area contributed by atoms with Crippen molar-refractivity contribution in [2.45, 2.75) is 93.4 Å². The summed E-state index contributed by atoms with van der Waals surface area (Å²) in [5.74, 6) is 0. The van der Waals surface area contributed by atoms with E-state index in [4.69, 9.17) is 0 Å². The van der Waals surface area contributed by atoms with Crippen LogP contribution in [0.1, 0.15) is 117 Å². The van der Waals surface area contributed by atoms with Crippen LogP contribution in [0.3, 0.4) is 0 Å². The van der Waals surface area contributed by atoms with Gasteiger partial charge in [0.15, 0.2) is 0 Å². The summed E-state index contributed by atoms with van der Waals surface area (Å²) in [5.41, 5.74) is 49.0. The molecule has 658 valence electrons. The second-order valence-corrected chi connectivity index (χ2v) is 39.4. The Bertz CT molecular complexity index is 8830. The first-order valence-corrected chi connectivity index (χ1v) is 48.8. The molecule has 26 rings (SSSR count). The van der Waals surface area contributed by atoms with Crippen molar-refractivity contribution in [2.24, 2.45) is 0 Å². The predicted octanol–water partition coefficient (Wildman–Crippen LogP) is 36.2. The minimum Gasteiger partial charge on any atom is -0.310 e. The van der Waals surface area contributed by atoms with Crippen LogP contribution in [0.15, 0.2) is 406 Å². The van der Waals surface area contributed by atoms with Crippen molar-refractivity contribution >= 4 is 133 Å². The Morgan fingerprint density at radius 2 is 0.514 bits per heavy atom. The average Bonchev–Trinajstić information content (AvgIpc) is 1.49. The van der Waals surface area contributed by atoms with Gasteiger partial charge in [0, 0.05) is 67.6 Å². The Balaban J connectivity index is 0.655. The Morgan fingerprint density at radius 3 is 0.993 bits per heavy atom. The van der Waals surface area contributed by atoms with Crippen LogP contribution in [0.2, 0.25) is 0 Å². The lowest BCUT2D eigenvalue weighted by molar-refractivity contribution is 0.809. The highest BCUT2D eigenvalue weighted by Gasteiger charge is 2.57. The van der Waals surface area contributed by atoms with E-state index in [9.17, 15) is 0 Å². The number of aryl methyl sites for hydroxylation is 8. The number of anilines is 12. The summed E-state index contributed by atoms with van der Waals surface area (Å²) >= 11 is 0. The molecule has 0 heterocycles. The van der Waals surface area contributed by atoms with Gasteiger partial charge in [0.25, 0.3) is 0 Å². The fourth-order valence-corrected chi connectivity index (χ4v) is 25.2. The number of hydrogen-bond acceptors (Lipinski definition) is 4. The lowest BCUT2D eigenvalue weighted by Crippen LogP contribution is -2.27. The fraction of sp³-hybridized carbons (Fsp3) is 0.104. The number of hydrogen-bond donors (Lipinski definition) is 0. The molecule has 0 N–H and O–H groups in total. The molecule has 0 unspecified atom stereocenters. The molecular formula is C134H102N4. The summed E-state index contributed by atoms with van der Waals surface area (Å²) in [5, 5.41) is 14.7. The van der Waals surface area contributed by atoms with Gasteiger partial charge < -0.3 is 19.6 Å². The standard InChI is InChI=1S/C134H102N4/c1-80-55-60-95(61-56-80)136(98-65-67-114-116(77-98)102-39-19-23-47-110(102)128-118-79-126(138(96-62-57-81(2)58-63-96)123-69-82(3)54-59-84(123)5)108-45-21-25-49-112(108)130(118)134(132(114)128)121-52-32-28-42-105(121)106-43-29-33-53-122(106)134)124-70-83(4)68-91(90(124)11)74-92-75-100(73-87(8)89(92)10)137(94-36-16-13-17-37-94)125-78-117-127-109-46-22-18-38-101(109)115-76-97(135(93-34-14-12-15-35-93)99-71-85(6)88(9)86(7)72-99)64-66-113(115)131(127)133(129(117)111-48-24-20-44-107(111)125)119-50-30-26-40-103(119)104-41-27-31-51-120(104)133/h12-73,75-79H,74H2,1-11H3. The van der Waals surface area contributed by atoms with Gasteiger partial charge in [-0.3, -0.25) is 0 Å². The highest BCUT2D eigenvalue weighted by Crippen LogP contribution is 2.71. The predicted molar refractivity (Wildman–Crippen MR) is 584 cm³/mol. The Labute approximate surface area is 808 Å². The molecule has 22 aromatic carbocycles. The topological polar surface area (TPSA) is 13.0 Å². The average molecular weight is 1770 g/mol. The van der Waals surface area contributed by atoms with Crippen LogP contribution in [-0.4, -0.2) is 0 Å². The van der Waals surface area contributed by atoms with E-state index >= 15 is 0 Å². The summed E-state index contributed by atoms with van der Waals surface area (Å²) in [6.45, 7) is 25.0. The molecule has 0 fully saturated rings. The van der Waals surface area contributed by atoms with Gasteiger partial charge in [0.2, 0.25) is 0 Å². The van der Waals surface area contributed by atoms with Crippen LogP contribution in [0, 0.1) is 76.2 Å². The van der Waals surface area contributed by atoms with Gasteiger partial charge in [-0.05, 0) is 408 Å². The summed E-state index contributed by atoms with van der Waals surface area (Å²) in [6, 6.07) is 157. The van der Waals surface area contributed by atoms with Gasteiger partial charge in [-0.2, -0.15) is 0 Å². The molecule has 0 saturated heterocycles.